The Hall–Kier alpha value is -1.58. The third-order valence-electron chi connectivity index (χ3n) is 3.91. The SMILES string of the molecule is O=[N+]([O-])C1=CC2=C3CCCN3CCCC2C=C1. The Kier molecular flexibility index (Phi) is 2.50. The Morgan fingerprint density at radius 1 is 1.35 bits per heavy atom. The first-order chi connectivity index (χ1) is 8.25. The fourth-order valence-corrected chi connectivity index (χ4v) is 3.10. The molecule has 17 heavy (non-hydrogen) atoms. The average molecular weight is 232 g/mol. The highest BCUT2D eigenvalue weighted by Crippen LogP contribution is 2.37. The van der Waals surface area contributed by atoms with Gasteiger partial charge in [0, 0.05) is 36.9 Å². The van der Waals surface area contributed by atoms with Crippen LogP contribution in [-0.4, -0.2) is 22.9 Å². The van der Waals surface area contributed by atoms with E-state index in [4.69, 9.17) is 0 Å². The van der Waals surface area contributed by atoms with Gasteiger partial charge in [0.1, 0.15) is 0 Å². The van der Waals surface area contributed by atoms with Crippen molar-refractivity contribution in [1.29, 1.82) is 0 Å². The Balaban J connectivity index is 2.04. The second kappa shape index (κ2) is 4.02. The molecule has 0 aromatic heterocycles. The molecule has 0 aromatic rings. The van der Waals surface area contributed by atoms with E-state index in [1.807, 2.05) is 6.08 Å². The maximum atomic E-state index is 10.9. The number of rotatable bonds is 1. The van der Waals surface area contributed by atoms with Crippen molar-refractivity contribution in [3.8, 4) is 0 Å². The van der Waals surface area contributed by atoms with Gasteiger partial charge in [-0.1, -0.05) is 6.08 Å². The van der Waals surface area contributed by atoms with Crippen molar-refractivity contribution < 1.29 is 4.92 Å². The van der Waals surface area contributed by atoms with Gasteiger partial charge in [0.25, 0.3) is 5.70 Å². The van der Waals surface area contributed by atoms with Crippen LogP contribution in [-0.2, 0) is 0 Å². The molecule has 1 atom stereocenters. The molecular weight excluding hydrogens is 216 g/mol. The van der Waals surface area contributed by atoms with Crippen LogP contribution in [0.15, 0.2) is 35.2 Å². The molecule has 0 N–H and O–H groups in total. The lowest BCUT2D eigenvalue weighted by Crippen LogP contribution is -2.18. The number of nitrogens with zero attached hydrogens (tertiary/aromatic N) is 2. The van der Waals surface area contributed by atoms with Crippen molar-refractivity contribution in [3.63, 3.8) is 0 Å². The van der Waals surface area contributed by atoms with E-state index in [0.717, 1.165) is 25.9 Å². The van der Waals surface area contributed by atoms with Crippen LogP contribution in [0.2, 0.25) is 0 Å². The topological polar surface area (TPSA) is 46.4 Å². The van der Waals surface area contributed by atoms with Gasteiger partial charge < -0.3 is 4.90 Å². The van der Waals surface area contributed by atoms with E-state index in [-0.39, 0.29) is 10.6 Å². The molecule has 0 spiro atoms. The maximum absolute atomic E-state index is 10.9. The molecule has 1 fully saturated rings. The summed E-state index contributed by atoms with van der Waals surface area (Å²) in [6, 6.07) is 0. The number of hydrogen-bond donors (Lipinski definition) is 0. The fourth-order valence-electron chi connectivity index (χ4n) is 3.10. The van der Waals surface area contributed by atoms with Gasteiger partial charge in [-0.05, 0) is 31.3 Å². The highest BCUT2D eigenvalue weighted by molar-refractivity contribution is 5.40. The van der Waals surface area contributed by atoms with E-state index >= 15 is 0 Å². The first-order valence-electron chi connectivity index (χ1n) is 6.28. The molecule has 3 rings (SSSR count). The molecule has 0 aromatic carbocycles. The number of nitro groups is 1. The summed E-state index contributed by atoms with van der Waals surface area (Å²) in [7, 11) is 0. The van der Waals surface area contributed by atoms with Crippen molar-refractivity contribution in [3.05, 3.63) is 45.3 Å². The Bertz CT molecular complexity index is 448. The van der Waals surface area contributed by atoms with Gasteiger partial charge in [0.05, 0.1) is 4.92 Å². The third-order valence-corrected chi connectivity index (χ3v) is 3.91. The second-order valence-electron chi connectivity index (χ2n) is 4.93. The molecular formula is C13H16N2O2. The van der Waals surface area contributed by atoms with E-state index < -0.39 is 0 Å². The molecule has 0 saturated carbocycles. The Morgan fingerprint density at radius 2 is 2.18 bits per heavy atom. The van der Waals surface area contributed by atoms with Crippen molar-refractivity contribution >= 4 is 0 Å². The maximum Gasteiger partial charge on any atom is 0.269 e. The molecule has 4 nitrogen and oxygen atoms in total. The first kappa shape index (κ1) is 10.6. The van der Waals surface area contributed by atoms with Crippen LogP contribution in [0.3, 0.4) is 0 Å². The summed E-state index contributed by atoms with van der Waals surface area (Å²) in [6.45, 7) is 2.24. The van der Waals surface area contributed by atoms with Crippen LogP contribution >= 0.6 is 0 Å². The van der Waals surface area contributed by atoms with E-state index in [0.29, 0.717) is 5.92 Å². The molecule has 4 heteroatoms. The predicted octanol–water partition coefficient (Wildman–Crippen LogP) is 2.48. The summed E-state index contributed by atoms with van der Waals surface area (Å²) < 4.78 is 0. The lowest BCUT2D eigenvalue weighted by Gasteiger charge is -2.21. The predicted molar refractivity (Wildman–Crippen MR) is 64.8 cm³/mol. The number of allylic oxidation sites excluding steroid dienone is 5. The van der Waals surface area contributed by atoms with Gasteiger partial charge >= 0.3 is 0 Å². The minimum Gasteiger partial charge on any atom is -0.375 e. The summed E-state index contributed by atoms with van der Waals surface area (Å²) in [6.07, 6.45) is 10.1. The fraction of sp³-hybridized carbons (Fsp3) is 0.538. The molecule has 2 heterocycles. The summed E-state index contributed by atoms with van der Waals surface area (Å²) in [5.41, 5.74) is 2.79. The van der Waals surface area contributed by atoms with Gasteiger partial charge in [-0.3, -0.25) is 10.1 Å². The molecule has 1 saturated heterocycles. The van der Waals surface area contributed by atoms with Crippen LogP contribution in [0, 0.1) is 16.0 Å². The molecule has 3 aliphatic rings. The Labute approximate surface area is 100 Å². The van der Waals surface area contributed by atoms with E-state index in [1.54, 1.807) is 12.2 Å². The van der Waals surface area contributed by atoms with Gasteiger partial charge in [-0.15, -0.1) is 0 Å². The zero-order valence-corrected chi connectivity index (χ0v) is 9.76. The van der Waals surface area contributed by atoms with Crippen LogP contribution < -0.4 is 0 Å². The molecule has 90 valence electrons. The third kappa shape index (κ3) is 1.77. The smallest absolute Gasteiger partial charge is 0.269 e. The molecule has 1 unspecified atom stereocenters. The van der Waals surface area contributed by atoms with Gasteiger partial charge in [-0.25, -0.2) is 0 Å². The zero-order chi connectivity index (χ0) is 11.8. The summed E-state index contributed by atoms with van der Waals surface area (Å²) in [5.74, 6) is 0.400. The first-order valence-corrected chi connectivity index (χ1v) is 6.28. The summed E-state index contributed by atoms with van der Waals surface area (Å²) in [4.78, 5) is 13.0. The summed E-state index contributed by atoms with van der Waals surface area (Å²) in [5, 5.41) is 10.9. The zero-order valence-electron chi connectivity index (χ0n) is 9.76. The van der Waals surface area contributed by atoms with Crippen LogP contribution in [0.4, 0.5) is 0 Å². The lowest BCUT2D eigenvalue weighted by atomic mass is 9.88. The van der Waals surface area contributed by atoms with Crippen LogP contribution in [0.25, 0.3) is 0 Å². The van der Waals surface area contributed by atoms with Gasteiger partial charge in [0.2, 0.25) is 0 Å². The van der Waals surface area contributed by atoms with Crippen molar-refractivity contribution in [2.45, 2.75) is 25.7 Å². The highest BCUT2D eigenvalue weighted by Gasteiger charge is 2.29. The second-order valence-corrected chi connectivity index (χ2v) is 4.93. The van der Waals surface area contributed by atoms with Crippen LogP contribution in [0.5, 0.6) is 0 Å². The molecule has 2 aliphatic heterocycles. The van der Waals surface area contributed by atoms with E-state index in [9.17, 15) is 10.1 Å². The average Bonchev–Trinajstić information content (AvgIpc) is 2.71. The quantitative estimate of drug-likeness (QED) is 0.515. The van der Waals surface area contributed by atoms with Gasteiger partial charge in [0.15, 0.2) is 0 Å². The van der Waals surface area contributed by atoms with Gasteiger partial charge in [-0.2, -0.15) is 0 Å². The molecule has 1 aliphatic carbocycles. The normalized spacial score (nSPS) is 27.4. The highest BCUT2D eigenvalue weighted by atomic mass is 16.6. The van der Waals surface area contributed by atoms with Crippen LogP contribution in [0.1, 0.15) is 25.7 Å². The minimum absolute atomic E-state index is 0.234. The van der Waals surface area contributed by atoms with Crippen molar-refractivity contribution in [2.75, 3.05) is 13.1 Å². The van der Waals surface area contributed by atoms with Crippen molar-refractivity contribution in [2.24, 2.45) is 5.92 Å². The van der Waals surface area contributed by atoms with E-state index in [1.165, 1.54) is 24.1 Å². The van der Waals surface area contributed by atoms with E-state index in [2.05, 4.69) is 4.90 Å². The largest absolute Gasteiger partial charge is 0.375 e. The number of fused-ring (bicyclic) bond motifs is 2. The molecule has 0 amide bonds. The standard InChI is InChI=1S/C13H16N2O2/c16-15(17)11-6-5-10-3-1-7-14-8-2-4-13(14)12(10)9-11/h5-6,9-10H,1-4,7-8H2. The molecule has 0 bridgehead atoms. The lowest BCUT2D eigenvalue weighted by molar-refractivity contribution is -0.419. The van der Waals surface area contributed by atoms with Crippen molar-refractivity contribution in [1.82, 2.24) is 4.90 Å². The minimum atomic E-state index is -0.287. The molecule has 0 radical (unpaired) electrons. The Morgan fingerprint density at radius 3 is 3.00 bits per heavy atom. The summed E-state index contributed by atoms with van der Waals surface area (Å²) >= 11 is 0. The number of hydrogen-bond acceptors (Lipinski definition) is 3. The monoisotopic (exact) mass is 232 g/mol.